The second-order valence-corrected chi connectivity index (χ2v) is 13.0. The molecule has 0 fully saturated rings. The van der Waals surface area contributed by atoms with Gasteiger partial charge in [0.25, 0.3) is 17.5 Å². The Labute approximate surface area is 317 Å². The number of nitro benzene ring substituents is 1. The molecule has 3 amide bonds. The molecule has 0 unspecified atom stereocenters. The Balaban J connectivity index is 1.29. The molecule has 0 atom stereocenters. The molecule has 0 spiro atoms. The predicted octanol–water partition coefficient (Wildman–Crippen LogP) is 3.56. The molecule has 18 heteroatoms. The normalized spacial score (nSPS) is 10.9. The number of amides is 3. The number of aryl methyl sites for hydroxylation is 3. The van der Waals surface area contributed by atoms with Gasteiger partial charge in [0.1, 0.15) is 17.0 Å². The van der Waals surface area contributed by atoms with Gasteiger partial charge < -0.3 is 48.8 Å². The van der Waals surface area contributed by atoms with Gasteiger partial charge in [0, 0.05) is 65.2 Å². The summed E-state index contributed by atoms with van der Waals surface area (Å²) < 4.78 is 20.3. The number of nitrogens with one attached hydrogen (secondary N) is 3. The Kier molecular flexibility index (Phi) is 13.9. The average Bonchev–Trinajstić information content (AvgIpc) is 3.82. The van der Waals surface area contributed by atoms with Gasteiger partial charge in [-0.15, -0.1) is 0 Å². The Bertz CT molecular complexity index is 2080. The fraction of sp³-hybridized carbons (Fsp3) is 0.378. The Morgan fingerprint density at radius 3 is 2.09 bits per heavy atom. The van der Waals surface area contributed by atoms with Crippen molar-refractivity contribution in [1.29, 1.82) is 0 Å². The molecule has 4 aromatic rings. The zero-order valence-corrected chi connectivity index (χ0v) is 31.9. The zero-order valence-electron chi connectivity index (χ0n) is 31.9. The number of nitrogens with zero attached hydrogens (tertiary/aromatic N) is 5. The van der Waals surface area contributed by atoms with Crippen molar-refractivity contribution in [2.75, 3.05) is 58.6 Å². The molecule has 4 rings (SSSR count). The first-order valence-corrected chi connectivity index (χ1v) is 17.2. The van der Waals surface area contributed by atoms with Gasteiger partial charge in [0.05, 0.1) is 48.9 Å². The van der Waals surface area contributed by atoms with E-state index in [-0.39, 0.29) is 60.5 Å². The first-order chi connectivity index (χ1) is 26.1. The van der Waals surface area contributed by atoms with Gasteiger partial charge in [0.2, 0.25) is 5.91 Å². The molecule has 0 bridgehead atoms. The number of methoxy groups -OCH3 is 2. The van der Waals surface area contributed by atoms with Crippen LogP contribution in [0.3, 0.4) is 0 Å². The summed E-state index contributed by atoms with van der Waals surface area (Å²) in [6.45, 7) is 1.38. The summed E-state index contributed by atoms with van der Waals surface area (Å²) in [7, 11) is 11.5. The van der Waals surface area contributed by atoms with Gasteiger partial charge >= 0.3 is 5.97 Å². The molecule has 0 saturated heterocycles. The highest BCUT2D eigenvalue weighted by Crippen LogP contribution is 2.35. The van der Waals surface area contributed by atoms with E-state index in [1.807, 2.05) is 19.0 Å². The number of hydrogen-bond acceptors (Lipinski definition) is 11. The summed E-state index contributed by atoms with van der Waals surface area (Å²) in [5.41, 5.74) is 1.73. The summed E-state index contributed by atoms with van der Waals surface area (Å²) in [5, 5.41) is 20.0. The number of aromatic nitrogens is 3. The molecule has 0 aliphatic heterocycles. The highest BCUT2D eigenvalue weighted by molar-refractivity contribution is 6.05. The third kappa shape index (κ3) is 10.8. The first-order valence-electron chi connectivity index (χ1n) is 17.2. The topological polar surface area (TPSA) is 210 Å². The third-order valence-corrected chi connectivity index (χ3v) is 8.49. The van der Waals surface area contributed by atoms with E-state index < -0.39 is 22.5 Å². The smallest absolute Gasteiger partial charge is 0.345 e. The number of carbonyl (C=O) groups excluding carboxylic acids is 5. The molecule has 3 aromatic heterocycles. The quantitative estimate of drug-likeness (QED) is 0.0413. The minimum absolute atomic E-state index is 0.00455. The SMILES string of the molecule is COC(=O)c1cc(OC)c(OCCCC(=O)Nc2cc(C(=O)Cc3cc(C(=O)Nc4cc(C(=O)NCCCN(C)C)n(C)c4)n(C)c3)n(C)c2)cc1[N+](=O)[O-]. The van der Waals surface area contributed by atoms with Gasteiger partial charge in [-0.1, -0.05) is 0 Å². The van der Waals surface area contributed by atoms with Crippen LogP contribution in [0.5, 0.6) is 11.5 Å². The molecule has 1 aromatic carbocycles. The van der Waals surface area contributed by atoms with Gasteiger partial charge in [-0.3, -0.25) is 29.3 Å². The molecule has 0 aliphatic rings. The Morgan fingerprint density at radius 2 is 1.44 bits per heavy atom. The lowest BCUT2D eigenvalue weighted by molar-refractivity contribution is -0.385. The van der Waals surface area contributed by atoms with Gasteiger partial charge in [-0.05, 0) is 57.2 Å². The van der Waals surface area contributed by atoms with Crippen LogP contribution in [0.25, 0.3) is 0 Å². The van der Waals surface area contributed by atoms with Crippen molar-refractivity contribution in [2.24, 2.45) is 21.1 Å². The number of ketones is 1. The molecule has 0 saturated carbocycles. The van der Waals surface area contributed by atoms with Crippen molar-refractivity contribution in [3.8, 4) is 11.5 Å². The monoisotopic (exact) mass is 762 g/mol. The number of carbonyl (C=O) groups is 5. The molecule has 18 nitrogen and oxygen atoms in total. The number of ether oxygens (including phenoxy) is 3. The molecule has 55 heavy (non-hydrogen) atoms. The lowest BCUT2D eigenvalue weighted by Crippen LogP contribution is -2.28. The van der Waals surface area contributed by atoms with Crippen LogP contribution in [0, 0.1) is 10.1 Å². The summed E-state index contributed by atoms with van der Waals surface area (Å²) in [4.78, 5) is 76.6. The van der Waals surface area contributed by atoms with Crippen molar-refractivity contribution in [3.63, 3.8) is 0 Å². The van der Waals surface area contributed by atoms with Crippen molar-refractivity contribution in [1.82, 2.24) is 23.9 Å². The number of hydrogen-bond donors (Lipinski definition) is 3. The molecular weight excluding hydrogens is 716 g/mol. The number of Topliss-reactive ketones (excluding diaryl/α,β-unsaturated/α-hetero) is 1. The van der Waals surface area contributed by atoms with Crippen molar-refractivity contribution >= 4 is 46.5 Å². The van der Waals surface area contributed by atoms with Crippen LogP contribution in [0.1, 0.15) is 66.6 Å². The molecule has 3 heterocycles. The third-order valence-electron chi connectivity index (χ3n) is 8.49. The number of benzene rings is 1. The standard InChI is InChI=1S/C37H46N8O10/c1-41(2)12-9-11-38-35(48)30-17-25(22-44(30)5)40-36(49)29-14-23(20-42(29)3)15-31(46)28-16-24(21-43(28)4)39-34(47)10-8-13-55-33-19-27(45(51)52)26(37(50)54-7)18-32(33)53-6/h14,16-22H,8-13,15H2,1-7H3,(H,38,48)(H,39,47)(H,40,49). The van der Waals surface area contributed by atoms with Crippen LogP contribution in [-0.2, 0) is 37.1 Å². The van der Waals surface area contributed by atoms with E-state index in [0.29, 0.717) is 40.6 Å². The first kappa shape index (κ1) is 41.3. The van der Waals surface area contributed by atoms with Crippen LogP contribution in [-0.4, -0.2) is 101 Å². The van der Waals surface area contributed by atoms with Gasteiger partial charge in [-0.25, -0.2) is 4.79 Å². The predicted molar refractivity (Wildman–Crippen MR) is 202 cm³/mol. The van der Waals surface area contributed by atoms with Gasteiger partial charge in [-0.2, -0.15) is 0 Å². The second kappa shape index (κ2) is 18.6. The maximum Gasteiger partial charge on any atom is 0.345 e. The Hall–Kier alpha value is -6.43. The van der Waals surface area contributed by atoms with E-state index >= 15 is 0 Å². The summed E-state index contributed by atoms with van der Waals surface area (Å²) in [5.74, 6) is -2.02. The zero-order chi connectivity index (χ0) is 40.4. The highest BCUT2D eigenvalue weighted by atomic mass is 16.6. The molecule has 0 aliphatic carbocycles. The van der Waals surface area contributed by atoms with Crippen LogP contribution in [0.4, 0.5) is 17.1 Å². The molecule has 294 valence electrons. The second-order valence-electron chi connectivity index (χ2n) is 13.0. The fourth-order valence-electron chi connectivity index (χ4n) is 5.77. The minimum atomic E-state index is -0.901. The molecule has 3 N–H and O–H groups in total. The van der Waals surface area contributed by atoms with Crippen LogP contribution >= 0.6 is 0 Å². The number of rotatable bonds is 19. The van der Waals surface area contributed by atoms with Crippen molar-refractivity contribution in [2.45, 2.75) is 25.7 Å². The number of nitro groups is 1. The number of anilines is 2. The van der Waals surface area contributed by atoms with Crippen LogP contribution < -0.4 is 25.4 Å². The van der Waals surface area contributed by atoms with E-state index in [1.54, 1.807) is 71.6 Å². The highest BCUT2D eigenvalue weighted by Gasteiger charge is 2.26. The van der Waals surface area contributed by atoms with Crippen LogP contribution in [0.2, 0.25) is 0 Å². The van der Waals surface area contributed by atoms with E-state index in [1.165, 1.54) is 7.11 Å². The van der Waals surface area contributed by atoms with Crippen molar-refractivity contribution < 1.29 is 43.1 Å². The van der Waals surface area contributed by atoms with Gasteiger partial charge in [0.15, 0.2) is 17.3 Å². The summed E-state index contributed by atoms with van der Waals surface area (Å²) in [6, 6.07) is 7.02. The largest absolute Gasteiger partial charge is 0.493 e. The van der Waals surface area contributed by atoms with E-state index in [9.17, 15) is 34.1 Å². The van der Waals surface area contributed by atoms with Crippen LogP contribution in [0.15, 0.2) is 48.9 Å². The van der Waals surface area contributed by atoms with E-state index in [4.69, 9.17) is 9.47 Å². The van der Waals surface area contributed by atoms with E-state index in [0.717, 1.165) is 32.2 Å². The lowest BCUT2D eigenvalue weighted by atomic mass is 10.1. The molecule has 0 radical (unpaired) electrons. The maximum atomic E-state index is 13.3. The number of esters is 1. The average molecular weight is 763 g/mol. The fourth-order valence-corrected chi connectivity index (χ4v) is 5.77. The lowest BCUT2D eigenvalue weighted by Gasteiger charge is -2.12. The van der Waals surface area contributed by atoms with Crippen molar-refractivity contribution in [3.05, 3.63) is 87.2 Å². The minimum Gasteiger partial charge on any atom is -0.493 e. The summed E-state index contributed by atoms with van der Waals surface area (Å²) >= 11 is 0. The van der Waals surface area contributed by atoms with E-state index in [2.05, 4.69) is 20.7 Å². The maximum absolute atomic E-state index is 13.3. The Morgan fingerprint density at radius 1 is 0.800 bits per heavy atom. The molecular formula is C37H46N8O10. The summed E-state index contributed by atoms with van der Waals surface area (Å²) in [6.07, 6.45) is 6.03.